The van der Waals surface area contributed by atoms with Gasteiger partial charge in [-0.05, 0) is 22.3 Å². The zero-order valence-electron chi connectivity index (χ0n) is 18.0. The van der Waals surface area contributed by atoms with Crippen LogP contribution in [0.2, 0.25) is 0 Å². The molecule has 1 aliphatic rings. The molecule has 4 N–H and O–H groups in total. The van der Waals surface area contributed by atoms with Crippen LogP contribution in [0, 0.1) is 0 Å². The summed E-state index contributed by atoms with van der Waals surface area (Å²) < 4.78 is 5.51. The van der Waals surface area contributed by atoms with E-state index >= 15 is 0 Å². The van der Waals surface area contributed by atoms with E-state index in [2.05, 4.69) is 15.6 Å². The molecule has 1 aliphatic carbocycles. The van der Waals surface area contributed by atoms with Crippen LogP contribution in [0.4, 0.5) is 4.79 Å². The molecule has 10 heteroatoms. The number of hydrogen-bond donors (Lipinski definition) is 4. The zero-order chi connectivity index (χ0) is 24.1. The molecule has 2 aromatic carbocycles. The summed E-state index contributed by atoms with van der Waals surface area (Å²) in [4.78, 5) is 41.2. The van der Waals surface area contributed by atoms with Gasteiger partial charge in [0.2, 0.25) is 5.91 Å². The highest BCUT2D eigenvalue weighted by atomic mass is 32.1. The standard InChI is InChI=1S/C24H23N3O6S/c28-11-21(23(30)31)26-22(29)20(9-14-10-25-13-34-14)27-24(32)33-12-19-17-7-3-1-5-15(17)16-6-2-4-8-18(16)19/h1-8,10,13,19-21,28H,9,11-12H2,(H,26,29)(H,27,32)(H,30,31)/t20?,21-/m1/s1. The molecule has 3 aromatic rings. The fourth-order valence-electron chi connectivity index (χ4n) is 3.99. The molecule has 1 heterocycles. The van der Waals surface area contributed by atoms with Gasteiger partial charge in [0.1, 0.15) is 18.7 Å². The molecule has 4 rings (SSSR count). The Hall–Kier alpha value is -3.76. The molecule has 1 aromatic heterocycles. The topological polar surface area (TPSA) is 138 Å². The Kier molecular flexibility index (Phi) is 7.19. The maximum Gasteiger partial charge on any atom is 0.407 e. The number of carboxylic acid groups (broad SMARTS) is 1. The summed E-state index contributed by atoms with van der Waals surface area (Å²) in [5.41, 5.74) is 5.90. The maximum absolute atomic E-state index is 12.7. The van der Waals surface area contributed by atoms with Crippen LogP contribution in [0.25, 0.3) is 11.1 Å². The molecule has 2 amide bonds. The number of fused-ring (bicyclic) bond motifs is 3. The normalized spacial score (nSPS) is 13.9. The number of thiazole rings is 1. The van der Waals surface area contributed by atoms with Gasteiger partial charge in [-0.15, -0.1) is 11.3 Å². The Morgan fingerprint density at radius 1 is 1.00 bits per heavy atom. The van der Waals surface area contributed by atoms with Crippen molar-refractivity contribution in [3.8, 4) is 11.1 Å². The predicted molar refractivity (Wildman–Crippen MR) is 124 cm³/mol. The lowest BCUT2D eigenvalue weighted by Crippen LogP contribution is -2.53. The molecule has 9 nitrogen and oxygen atoms in total. The third-order valence-corrected chi connectivity index (χ3v) is 6.44. The van der Waals surface area contributed by atoms with Crippen LogP contribution >= 0.6 is 11.3 Å². The average molecular weight is 482 g/mol. The Morgan fingerprint density at radius 2 is 1.65 bits per heavy atom. The monoisotopic (exact) mass is 481 g/mol. The van der Waals surface area contributed by atoms with Gasteiger partial charge in [0.05, 0.1) is 12.1 Å². The highest BCUT2D eigenvalue weighted by Crippen LogP contribution is 2.44. The minimum Gasteiger partial charge on any atom is -0.480 e. The molecule has 0 saturated carbocycles. The van der Waals surface area contributed by atoms with E-state index in [4.69, 9.17) is 9.84 Å². The number of nitrogens with one attached hydrogen (secondary N) is 2. The van der Waals surface area contributed by atoms with Crippen LogP contribution in [0.5, 0.6) is 0 Å². The lowest BCUT2D eigenvalue weighted by atomic mass is 9.98. The number of benzene rings is 2. The molecule has 1 unspecified atom stereocenters. The Bertz CT molecular complexity index is 1140. The quantitative estimate of drug-likeness (QED) is 0.367. The number of rotatable bonds is 9. The van der Waals surface area contributed by atoms with Crippen molar-refractivity contribution in [2.75, 3.05) is 13.2 Å². The van der Waals surface area contributed by atoms with Crippen LogP contribution < -0.4 is 10.6 Å². The van der Waals surface area contributed by atoms with Gasteiger partial charge < -0.3 is 25.6 Å². The number of aliphatic carboxylic acids is 1. The second kappa shape index (κ2) is 10.4. The van der Waals surface area contributed by atoms with Crippen molar-refractivity contribution in [2.24, 2.45) is 0 Å². The first kappa shape index (κ1) is 23.4. The Labute approximate surface area is 199 Å². The third-order valence-electron chi connectivity index (χ3n) is 5.64. The van der Waals surface area contributed by atoms with Crippen molar-refractivity contribution in [1.29, 1.82) is 0 Å². The van der Waals surface area contributed by atoms with Gasteiger partial charge in [-0.3, -0.25) is 9.78 Å². The summed E-state index contributed by atoms with van der Waals surface area (Å²) in [6.45, 7) is -0.706. The van der Waals surface area contributed by atoms with E-state index in [1.807, 2.05) is 48.5 Å². The molecule has 0 fully saturated rings. The highest BCUT2D eigenvalue weighted by Gasteiger charge is 2.31. The maximum atomic E-state index is 12.7. The summed E-state index contributed by atoms with van der Waals surface area (Å²) >= 11 is 1.30. The molecule has 0 saturated heterocycles. The smallest absolute Gasteiger partial charge is 0.407 e. The van der Waals surface area contributed by atoms with Gasteiger partial charge >= 0.3 is 12.1 Å². The van der Waals surface area contributed by atoms with Crippen LogP contribution in [-0.4, -0.2) is 58.5 Å². The number of alkyl carbamates (subject to hydrolysis) is 1. The number of nitrogens with zero attached hydrogens (tertiary/aromatic N) is 1. The number of carbonyl (C=O) groups is 3. The predicted octanol–water partition coefficient (Wildman–Crippen LogP) is 2.15. The van der Waals surface area contributed by atoms with Gasteiger partial charge in [0.25, 0.3) is 0 Å². The molecule has 0 radical (unpaired) electrons. The summed E-state index contributed by atoms with van der Waals surface area (Å²) in [5.74, 6) is -2.27. The van der Waals surface area contributed by atoms with Gasteiger partial charge in [0.15, 0.2) is 0 Å². The molecule has 0 bridgehead atoms. The van der Waals surface area contributed by atoms with Crippen molar-refractivity contribution in [2.45, 2.75) is 24.4 Å². The van der Waals surface area contributed by atoms with Crippen LogP contribution in [0.15, 0.2) is 60.2 Å². The second-order valence-electron chi connectivity index (χ2n) is 7.78. The minimum absolute atomic E-state index is 0.0726. The van der Waals surface area contributed by atoms with E-state index in [1.54, 1.807) is 11.7 Å². The average Bonchev–Trinajstić information content (AvgIpc) is 3.46. The molecular formula is C24H23N3O6S. The summed E-state index contributed by atoms with van der Waals surface area (Å²) in [5, 5.41) is 23.1. The van der Waals surface area contributed by atoms with E-state index in [0.29, 0.717) is 0 Å². The summed E-state index contributed by atoms with van der Waals surface area (Å²) in [7, 11) is 0. The fraction of sp³-hybridized carbons (Fsp3) is 0.250. The first-order chi connectivity index (χ1) is 16.5. The Morgan fingerprint density at radius 3 is 2.21 bits per heavy atom. The molecule has 176 valence electrons. The van der Waals surface area contributed by atoms with Crippen LogP contribution in [-0.2, 0) is 20.7 Å². The lowest BCUT2D eigenvalue weighted by molar-refractivity contribution is -0.143. The number of carbonyl (C=O) groups excluding carboxylic acids is 2. The fourth-order valence-corrected chi connectivity index (χ4v) is 4.64. The highest BCUT2D eigenvalue weighted by molar-refractivity contribution is 7.09. The molecular weight excluding hydrogens is 458 g/mol. The van der Waals surface area contributed by atoms with Crippen molar-refractivity contribution < 1.29 is 29.3 Å². The SMILES string of the molecule is O=C(NC(Cc1cncs1)C(=O)N[C@H](CO)C(=O)O)OCC1c2ccccc2-c2ccccc21. The number of ether oxygens (including phenoxy) is 1. The molecule has 34 heavy (non-hydrogen) atoms. The minimum atomic E-state index is -1.49. The van der Waals surface area contributed by atoms with Crippen LogP contribution in [0.3, 0.4) is 0 Å². The van der Waals surface area contributed by atoms with Crippen LogP contribution in [0.1, 0.15) is 21.9 Å². The zero-order valence-corrected chi connectivity index (χ0v) is 18.8. The van der Waals surface area contributed by atoms with E-state index < -0.39 is 36.7 Å². The van der Waals surface area contributed by atoms with Gasteiger partial charge in [-0.2, -0.15) is 0 Å². The van der Waals surface area contributed by atoms with Gasteiger partial charge in [-0.25, -0.2) is 9.59 Å². The van der Waals surface area contributed by atoms with E-state index in [-0.39, 0.29) is 18.9 Å². The number of amides is 2. The van der Waals surface area contributed by atoms with Gasteiger partial charge in [0, 0.05) is 23.4 Å². The summed E-state index contributed by atoms with van der Waals surface area (Å²) in [6.07, 6.45) is 0.853. The number of aliphatic hydroxyl groups excluding tert-OH is 1. The first-order valence-corrected chi connectivity index (χ1v) is 11.5. The first-order valence-electron chi connectivity index (χ1n) is 10.6. The van der Waals surface area contributed by atoms with Crippen molar-refractivity contribution in [1.82, 2.24) is 15.6 Å². The largest absolute Gasteiger partial charge is 0.480 e. The third kappa shape index (κ3) is 5.08. The molecule has 0 spiro atoms. The number of aliphatic hydroxyl groups is 1. The number of hydrogen-bond acceptors (Lipinski definition) is 7. The molecule has 0 aliphatic heterocycles. The van der Waals surface area contributed by atoms with Crippen molar-refractivity contribution in [3.63, 3.8) is 0 Å². The van der Waals surface area contributed by atoms with E-state index in [0.717, 1.165) is 27.1 Å². The lowest BCUT2D eigenvalue weighted by Gasteiger charge is -2.21. The second-order valence-corrected chi connectivity index (χ2v) is 8.75. The van der Waals surface area contributed by atoms with E-state index in [1.165, 1.54) is 11.3 Å². The van der Waals surface area contributed by atoms with Gasteiger partial charge in [-0.1, -0.05) is 48.5 Å². The van der Waals surface area contributed by atoms with E-state index in [9.17, 15) is 19.5 Å². The summed E-state index contributed by atoms with van der Waals surface area (Å²) in [6, 6.07) is 13.3. The number of carboxylic acids is 1. The molecule has 2 atom stereocenters. The Balaban J connectivity index is 1.45. The number of aromatic nitrogens is 1. The van der Waals surface area contributed by atoms with Crippen molar-refractivity contribution >= 4 is 29.3 Å². The van der Waals surface area contributed by atoms with Crippen molar-refractivity contribution in [3.05, 3.63) is 76.2 Å².